The zero-order chi connectivity index (χ0) is 19.0. The number of hydrogen-bond acceptors (Lipinski definition) is 1. The fourth-order valence-corrected chi connectivity index (χ4v) is 16.5. The Hall–Kier alpha value is -2.52. The van der Waals surface area contributed by atoms with Crippen molar-refractivity contribution in [2.75, 3.05) is 11.4 Å². The van der Waals surface area contributed by atoms with Gasteiger partial charge in [-0.05, 0) is 0 Å². The molecule has 0 amide bonds. The standard InChI is InChI=1S/C26H25GeN/c1-2-28-25-19-11-9-17-23(25)27(21-13-5-3-6-14-21,22-15-7-4-8-16-22)24-18-10-12-20-26(24)28/h3-9,11-17,19-20H,2,10,18H2,1H3. The molecule has 1 nitrogen and oxygen atoms in total. The molecule has 0 radical (unpaired) electrons. The monoisotopic (exact) mass is 425 g/mol. The molecule has 0 fully saturated rings. The summed E-state index contributed by atoms with van der Waals surface area (Å²) < 4.78 is 6.37. The molecular formula is C26H25GeN. The van der Waals surface area contributed by atoms with Crippen LogP contribution in [0.25, 0.3) is 0 Å². The molecule has 2 aliphatic rings. The van der Waals surface area contributed by atoms with Crippen LogP contribution in [0.4, 0.5) is 5.69 Å². The van der Waals surface area contributed by atoms with E-state index in [1.165, 1.54) is 17.8 Å². The predicted octanol–water partition coefficient (Wildman–Crippen LogP) is 4.14. The summed E-state index contributed by atoms with van der Waals surface area (Å²) in [5.74, 6) is 0. The number of nitrogens with zero attached hydrogens (tertiary/aromatic N) is 1. The van der Waals surface area contributed by atoms with Crippen molar-refractivity contribution in [1.29, 1.82) is 0 Å². The minimum atomic E-state index is -3.00. The normalized spacial score (nSPS) is 17.2. The van der Waals surface area contributed by atoms with Crippen molar-refractivity contribution < 1.29 is 0 Å². The van der Waals surface area contributed by atoms with E-state index in [-0.39, 0.29) is 0 Å². The average Bonchev–Trinajstić information content (AvgIpc) is 2.78. The summed E-state index contributed by atoms with van der Waals surface area (Å²) in [5.41, 5.74) is 2.86. The van der Waals surface area contributed by atoms with Crippen molar-refractivity contribution in [3.63, 3.8) is 0 Å². The molecule has 0 N–H and O–H groups in total. The molecule has 3 aromatic carbocycles. The van der Waals surface area contributed by atoms with Gasteiger partial charge < -0.3 is 0 Å². The van der Waals surface area contributed by atoms with Crippen molar-refractivity contribution in [3.05, 3.63) is 107 Å². The molecule has 0 saturated heterocycles. The van der Waals surface area contributed by atoms with E-state index in [1.54, 1.807) is 17.6 Å². The van der Waals surface area contributed by atoms with Crippen molar-refractivity contribution in [1.82, 2.24) is 0 Å². The Morgan fingerprint density at radius 1 is 0.786 bits per heavy atom. The zero-order valence-electron chi connectivity index (χ0n) is 16.3. The molecule has 0 aromatic heterocycles. The van der Waals surface area contributed by atoms with E-state index in [0.717, 1.165) is 13.0 Å². The Balaban J connectivity index is 1.96. The third kappa shape index (κ3) is 2.46. The van der Waals surface area contributed by atoms with Crippen molar-refractivity contribution in [2.24, 2.45) is 0 Å². The van der Waals surface area contributed by atoms with Crippen LogP contribution in [-0.4, -0.2) is 19.8 Å². The number of fused-ring (bicyclic) bond motifs is 1. The van der Waals surface area contributed by atoms with Gasteiger partial charge in [-0.25, -0.2) is 0 Å². The van der Waals surface area contributed by atoms with Gasteiger partial charge in [0.2, 0.25) is 0 Å². The van der Waals surface area contributed by atoms with E-state index in [1.807, 2.05) is 0 Å². The molecule has 1 heterocycles. The number of rotatable bonds is 3. The second kappa shape index (κ2) is 7.14. The maximum absolute atomic E-state index is 3.00. The molecule has 0 spiro atoms. The first kappa shape index (κ1) is 17.6. The number of para-hydroxylation sites is 1. The third-order valence-electron chi connectivity index (χ3n) is 6.22. The quantitative estimate of drug-likeness (QED) is 0.572. The summed E-state index contributed by atoms with van der Waals surface area (Å²) in [4.78, 5) is 2.54. The Labute approximate surface area is 170 Å². The minimum absolute atomic E-state index is 1.00. The van der Waals surface area contributed by atoms with Gasteiger partial charge in [-0.15, -0.1) is 0 Å². The Kier molecular flexibility index (Phi) is 4.48. The van der Waals surface area contributed by atoms with Crippen LogP contribution < -0.4 is 18.1 Å². The second-order valence-electron chi connectivity index (χ2n) is 7.55. The number of allylic oxidation sites excluding steroid dienone is 3. The van der Waals surface area contributed by atoms with E-state index in [0.29, 0.717) is 0 Å². The van der Waals surface area contributed by atoms with Crippen LogP contribution in [0.3, 0.4) is 0 Å². The van der Waals surface area contributed by atoms with Crippen LogP contribution in [0.5, 0.6) is 0 Å². The van der Waals surface area contributed by atoms with Gasteiger partial charge >= 0.3 is 171 Å². The summed E-state index contributed by atoms with van der Waals surface area (Å²) >= 11 is -3.00. The zero-order valence-corrected chi connectivity index (χ0v) is 18.4. The van der Waals surface area contributed by atoms with E-state index in [4.69, 9.17) is 0 Å². The molecule has 3 aromatic rings. The van der Waals surface area contributed by atoms with E-state index in [9.17, 15) is 0 Å². The van der Waals surface area contributed by atoms with Gasteiger partial charge in [-0.1, -0.05) is 0 Å². The molecule has 0 bridgehead atoms. The van der Waals surface area contributed by atoms with Crippen molar-refractivity contribution in [2.45, 2.75) is 19.8 Å². The summed E-state index contributed by atoms with van der Waals surface area (Å²) in [6.45, 7) is 3.27. The SMILES string of the molecule is CCN1C2=[C](CCC=C2)[Ge]([c]2ccccc2)([c]2ccccc2)[c]2ccccc21. The molecular weight excluding hydrogens is 399 g/mol. The van der Waals surface area contributed by atoms with E-state index >= 15 is 0 Å². The predicted molar refractivity (Wildman–Crippen MR) is 122 cm³/mol. The van der Waals surface area contributed by atoms with Gasteiger partial charge in [0.1, 0.15) is 0 Å². The average molecular weight is 424 g/mol. The number of anilines is 1. The Morgan fingerprint density at radius 3 is 2.04 bits per heavy atom. The van der Waals surface area contributed by atoms with Crippen LogP contribution in [0.1, 0.15) is 19.8 Å². The van der Waals surface area contributed by atoms with Gasteiger partial charge in [0, 0.05) is 0 Å². The van der Waals surface area contributed by atoms with Crippen LogP contribution in [0.15, 0.2) is 107 Å². The molecule has 1 aliphatic heterocycles. The third-order valence-corrected chi connectivity index (χ3v) is 16.8. The summed E-state index contributed by atoms with van der Waals surface area (Å²) in [6.07, 6.45) is 7.06. The van der Waals surface area contributed by atoms with E-state index < -0.39 is 13.3 Å². The van der Waals surface area contributed by atoms with Gasteiger partial charge in [0.05, 0.1) is 0 Å². The fraction of sp³-hybridized carbons (Fsp3) is 0.154. The molecule has 138 valence electrons. The van der Waals surface area contributed by atoms with Gasteiger partial charge in [0.15, 0.2) is 0 Å². The van der Waals surface area contributed by atoms with Gasteiger partial charge in [-0.2, -0.15) is 0 Å². The molecule has 1 aliphatic carbocycles. The topological polar surface area (TPSA) is 3.24 Å². The summed E-state index contributed by atoms with van der Waals surface area (Å²) in [7, 11) is 0. The Bertz CT molecular complexity index is 1010. The fourth-order valence-electron chi connectivity index (χ4n) is 5.15. The second-order valence-corrected chi connectivity index (χ2v) is 15.5. The first-order chi connectivity index (χ1) is 13.9. The molecule has 0 saturated carbocycles. The van der Waals surface area contributed by atoms with Crippen LogP contribution >= 0.6 is 0 Å². The molecule has 5 rings (SSSR count). The first-order valence-corrected chi connectivity index (χ1v) is 14.4. The molecule has 28 heavy (non-hydrogen) atoms. The van der Waals surface area contributed by atoms with Gasteiger partial charge in [0.25, 0.3) is 0 Å². The number of hydrogen-bond donors (Lipinski definition) is 0. The van der Waals surface area contributed by atoms with E-state index in [2.05, 4.69) is 109 Å². The van der Waals surface area contributed by atoms with Crippen LogP contribution in [0, 0.1) is 0 Å². The van der Waals surface area contributed by atoms with Crippen molar-refractivity contribution in [3.8, 4) is 0 Å². The van der Waals surface area contributed by atoms with Crippen LogP contribution in [-0.2, 0) is 0 Å². The summed E-state index contributed by atoms with van der Waals surface area (Å²) in [6, 6.07) is 31.9. The molecule has 0 atom stereocenters. The Morgan fingerprint density at radius 2 is 1.39 bits per heavy atom. The first-order valence-electron chi connectivity index (χ1n) is 10.3. The summed E-state index contributed by atoms with van der Waals surface area (Å²) in [5, 5.41) is 0. The van der Waals surface area contributed by atoms with Crippen molar-refractivity contribution >= 4 is 32.1 Å². The maximum atomic E-state index is 2.54. The molecule has 0 unspecified atom stereocenters. The number of benzene rings is 3. The van der Waals surface area contributed by atoms with Gasteiger partial charge in [-0.3, -0.25) is 0 Å². The molecule has 2 heteroatoms. The number of likely N-dealkylation sites (N-methyl/N-ethyl adjacent to an activating group) is 1. The van der Waals surface area contributed by atoms with Crippen LogP contribution in [0.2, 0.25) is 0 Å².